The molecule has 0 aromatic heterocycles. The van der Waals surface area contributed by atoms with Crippen LogP contribution in [0.4, 0.5) is 5.69 Å². The van der Waals surface area contributed by atoms with Gasteiger partial charge in [-0.25, -0.2) is 8.42 Å². The van der Waals surface area contributed by atoms with E-state index in [2.05, 4.69) is 5.32 Å². The number of benzene rings is 1. The molecule has 0 unspecified atom stereocenters. The molecule has 6 nitrogen and oxygen atoms in total. The van der Waals surface area contributed by atoms with Crippen molar-refractivity contribution in [3.63, 3.8) is 0 Å². The van der Waals surface area contributed by atoms with Crippen molar-refractivity contribution in [2.45, 2.75) is 17.9 Å². The van der Waals surface area contributed by atoms with Crippen LogP contribution in [-0.4, -0.2) is 31.7 Å². The number of anilines is 1. The van der Waals surface area contributed by atoms with Gasteiger partial charge in [0.15, 0.2) is 9.84 Å². The Morgan fingerprint density at radius 2 is 2.06 bits per heavy atom. The summed E-state index contributed by atoms with van der Waals surface area (Å²) in [6.45, 7) is 1.48. The zero-order chi connectivity index (χ0) is 13.2. The number of nitrogens with two attached hydrogens (primary N) is 1. The minimum Gasteiger partial charge on any atom is -0.506 e. The van der Waals surface area contributed by atoms with Gasteiger partial charge in [-0.05, 0) is 25.1 Å². The Morgan fingerprint density at radius 3 is 2.53 bits per heavy atom. The summed E-state index contributed by atoms with van der Waals surface area (Å²) in [4.78, 5) is 11.3. The molecule has 17 heavy (non-hydrogen) atoms. The second kappa shape index (κ2) is 4.72. The zero-order valence-electron chi connectivity index (χ0n) is 9.47. The number of amides is 1. The van der Waals surface area contributed by atoms with Gasteiger partial charge >= 0.3 is 0 Å². The first-order valence-electron chi connectivity index (χ1n) is 4.81. The highest BCUT2D eigenvalue weighted by Crippen LogP contribution is 2.26. The maximum atomic E-state index is 11.3. The van der Waals surface area contributed by atoms with Gasteiger partial charge in [-0.1, -0.05) is 0 Å². The monoisotopic (exact) mass is 258 g/mol. The van der Waals surface area contributed by atoms with E-state index in [0.717, 1.165) is 6.26 Å². The van der Waals surface area contributed by atoms with Crippen LogP contribution in [0.25, 0.3) is 0 Å². The smallest absolute Gasteiger partial charge is 0.241 e. The summed E-state index contributed by atoms with van der Waals surface area (Å²) in [5, 5.41) is 11.8. The number of carbonyl (C=O) groups is 1. The van der Waals surface area contributed by atoms with Crippen LogP contribution in [0.15, 0.2) is 23.1 Å². The molecule has 94 valence electrons. The van der Waals surface area contributed by atoms with Gasteiger partial charge in [0.25, 0.3) is 0 Å². The first-order valence-corrected chi connectivity index (χ1v) is 6.70. The molecular formula is C10H14N2O4S. The maximum Gasteiger partial charge on any atom is 0.241 e. The third-order valence-electron chi connectivity index (χ3n) is 2.07. The molecule has 1 amide bonds. The van der Waals surface area contributed by atoms with Gasteiger partial charge < -0.3 is 16.2 Å². The van der Waals surface area contributed by atoms with E-state index in [-0.39, 0.29) is 16.3 Å². The lowest BCUT2D eigenvalue weighted by atomic mass is 10.2. The van der Waals surface area contributed by atoms with Crippen LogP contribution in [0.2, 0.25) is 0 Å². The largest absolute Gasteiger partial charge is 0.506 e. The third kappa shape index (κ3) is 3.43. The van der Waals surface area contributed by atoms with Gasteiger partial charge in [0, 0.05) is 6.26 Å². The Bertz CT molecular complexity index is 537. The number of carbonyl (C=O) groups excluding carboxylic acids is 1. The maximum absolute atomic E-state index is 11.3. The van der Waals surface area contributed by atoms with E-state index in [4.69, 9.17) is 5.73 Å². The molecule has 0 fully saturated rings. The summed E-state index contributed by atoms with van der Waals surface area (Å²) < 4.78 is 22.6. The van der Waals surface area contributed by atoms with Crippen molar-refractivity contribution in [1.82, 2.24) is 0 Å². The SMILES string of the molecule is C[C@H](N)C(=O)Nc1cc(S(C)(=O)=O)ccc1O. The van der Waals surface area contributed by atoms with Crippen LogP contribution in [0.5, 0.6) is 5.75 Å². The van der Waals surface area contributed by atoms with Gasteiger partial charge in [0.1, 0.15) is 5.75 Å². The van der Waals surface area contributed by atoms with Crippen molar-refractivity contribution in [2.24, 2.45) is 5.73 Å². The number of rotatable bonds is 3. The molecular weight excluding hydrogens is 244 g/mol. The second-order valence-electron chi connectivity index (χ2n) is 3.73. The molecule has 1 aromatic carbocycles. The fraction of sp³-hybridized carbons (Fsp3) is 0.300. The van der Waals surface area contributed by atoms with Crippen molar-refractivity contribution < 1.29 is 18.3 Å². The number of phenolic OH excluding ortho intramolecular Hbond substituents is 1. The average Bonchev–Trinajstić information content (AvgIpc) is 2.19. The van der Waals surface area contributed by atoms with Crippen LogP contribution in [0.1, 0.15) is 6.92 Å². The molecule has 0 bridgehead atoms. The lowest BCUT2D eigenvalue weighted by Crippen LogP contribution is -2.32. The fourth-order valence-electron chi connectivity index (χ4n) is 1.09. The lowest BCUT2D eigenvalue weighted by Gasteiger charge is -2.10. The number of aromatic hydroxyl groups is 1. The van der Waals surface area contributed by atoms with Gasteiger partial charge in [0.05, 0.1) is 16.6 Å². The van der Waals surface area contributed by atoms with E-state index in [9.17, 15) is 18.3 Å². The highest BCUT2D eigenvalue weighted by molar-refractivity contribution is 7.90. The number of nitrogens with one attached hydrogen (secondary N) is 1. The molecule has 1 aromatic rings. The molecule has 1 rings (SSSR count). The van der Waals surface area contributed by atoms with E-state index in [0.29, 0.717) is 0 Å². The summed E-state index contributed by atoms with van der Waals surface area (Å²) in [6, 6.07) is 2.89. The number of sulfone groups is 1. The number of hydrogen-bond donors (Lipinski definition) is 3. The molecule has 0 heterocycles. The Kier molecular flexibility index (Phi) is 3.74. The molecule has 7 heteroatoms. The Hall–Kier alpha value is -1.60. The topological polar surface area (TPSA) is 109 Å². The molecule has 0 radical (unpaired) electrons. The molecule has 0 saturated heterocycles. The zero-order valence-corrected chi connectivity index (χ0v) is 10.3. The third-order valence-corrected chi connectivity index (χ3v) is 3.18. The predicted octanol–water partition coefficient (Wildman–Crippen LogP) is 0.0814. The summed E-state index contributed by atoms with van der Waals surface area (Å²) in [7, 11) is -3.39. The van der Waals surface area contributed by atoms with Crippen LogP contribution in [0.3, 0.4) is 0 Å². The Morgan fingerprint density at radius 1 is 1.47 bits per heavy atom. The summed E-state index contributed by atoms with van der Waals surface area (Å²) >= 11 is 0. The molecule has 0 aliphatic carbocycles. The Balaban J connectivity index is 3.12. The van der Waals surface area contributed by atoms with Crippen molar-refractivity contribution in [1.29, 1.82) is 0 Å². The molecule has 0 aliphatic heterocycles. The number of phenols is 1. The van der Waals surface area contributed by atoms with E-state index < -0.39 is 21.8 Å². The molecule has 4 N–H and O–H groups in total. The Labute approximate surface area is 99.4 Å². The van der Waals surface area contributed by atoms with E-state index >= 15 is 0 Å². The van der Waals surface area contributed by atoms with Crippen LogP contribution in [0, 0.1) is 0 Å². The summed E-state index contributed by atoms with van der Waals surface area (Å²) in [5.74, 6) is -0.725. The predicted molar refractivity (Wildman–Crippen MR) is 63.5 cm³/mol. The quantitative estimate of drug-likeness (QED) is 0.665. The van der Waals surface area contributed by atoms with Gasteiger partial charge in [-0.15, -0.1) is 0 Å². The van der Waals surface area contributed by atoms with Crippen molar-refractivity contribution >= 4 is 21.4 Å². The molecule has 1 atom stereocenters. The minimum atomic E-state index is -3.39. The van der Waals surface area contributed by atoms with E-state index in [1.807, 2.05) is 0 Å². The van der Waals surface area contributed by atoms with Crippen molar-refractivity contribution in [2.75, 3.05) is 11.6 Å². The van der Waals surface area contributed by atoms with Crippen LogP contribution >= 0.6 is 0 Å². The van der Waals surface area contributed by atoms with Gasteiger partial charge in [0.2, 0.25) is 5.91 Å². The first-order chi connectivity index (χ1) is 7.71. The number of hydrogen-bond acceptors (Lipinski definition) is 5. The van der Waals surface area contributed by atoms with Crippen molar-refractivity contribution in [3.8, 4) is 5.75 Å². The normalized spacial score (nSPS) is 13.1. The molecule has 0 spiro atoms. The van der Waals surface area contributed by atoms with E-state index in [1.54, 1.807) is 0 Å². The van der Waals surface area contributed by atoms with Crippen LogP contribution < -0.4 is 11.1 Å². The standard InChI is InChI=1S/C10H14N2O4S/c1-6(11)10(14)12-8-5-7(17(2,15)16)3-4-9(8)13/h3-6,13H,11H2,1-2H3,(H,12,14)/t6-/m0/s1. The van der Waals surface area contributed by atoms with Crippen molar-refractivity contribution in [3.05, 3.63) is 18.2 Å². The lowest BCUT2D eigenvalue weighted by molar-refractivity contribution is -0.117. The fourth-order valence-corrected chi connectivity index (χ4v) is 1.74. The molecule has 0 saturated carbocycles. The highest BCUT2D eigenvalue weighted by Gasteiger charge is 2.14. The summed E-state index contributed by atoms with van der Waals surface area (Å²) in [5.41, 5.74) is 5.37. The molecule has 0 aliphatic rings. The van der Waals surface area contributed by atoms with E-state index in [1.165, 1.54) is 25.1 Å². The van der Waals surface area contributed by atoms with Gasteiger partial charge in [-0.3, -0.25) is 4.79 Å². The highest BCUT2D eigenvalue weighted by atomic mass is 32.2. The minimum absolute atomic E-state index is 0.00951. The average molecular weight is 258 g/mol. The first kappa shape index (κ1) is 13.5. The second-order valence-corrected chi connectivity index (χ2v) is 5.74. The van der Waals surface area contributed by atoms with Gasteiger partial charge in [-0.2, -0.15) is 0 Å². The summed E-state index contributed by atoms with van der Waals surface area (Å²) in [6.07, 6.45) is 1.04. The van der Waals surface area contributed by atoms with Crippen LogP contribution in [-0.2, 0) is 14.6 Å².